The lowest BCUT2D eigenvalue weighted by Gasteiger charge is -2.31. The molecule has 0 aromatic heterocycles. The number of halogens is 1. The van der Waals surface area contributed by atoms with Gasteiger partial charge in [-0.15, -0.1) is 0 Å². The molecule has 1 saturated heterocycles. The van der Waals surface area contributed by atoms with Crippen LogP contribution in [0.4, 0.5) is 0 Å². The van der Waals surface area contributed by atoms with Crippen LogP contribution in [-0.2, 0) is 21.4 Å². The molecule has 0 unspecified atom stereocenters. The Morgan fingerprint density at radius 1 is 1.11 bits per heavy atom. The quantitative estimate of drug-likeness (QED) is 0.773. The van der Waals surface area contributed by atoms with Crippen LogP contribution in [0.3, 0.4) is 0 Å². The summed E-state index contributed by atoms with van der Waals surface area (Å²) in [6.07, 6.45) is 1.78. The van der Waals surface area contributed by atoms with Gasteiger partial charge >= 0.3 is 0 Å². The molecule has 5 nitrogen and oxygen atoms in total. The maximum Gasteiger partial charge on any atom is 0.243 e. The van der Waals surface area contributed by atoms with E-state index < -0.39 is 10.0 Å². The highest BCUT2D eigenvalue weighted by molar-refractivity contribution is 7.89. The SMILES string of the molecule is Cc1ccc(S(=O)(=O)N2CCC(CC(=O)NCc3ccccc3Cl)CC2)cc1. The zero-order valence-corrected chi connectivity index (χ0v) is 17.5. The summed E-state index contributed by atoms with van der Waals surface area (Å²) >= 11 is 6.10. The Bertz CT molecular complexity index is 921. The topological polar surface area (TPSA) is 66.5 Å². The van der Waals surface area contributed by atoms with Crippen LogP contribution < -0.4 is 5.32 Å². The molecule has 1 aliphatic heterocycles. The Kier molecular flexibility index (Phi) is 6.75. The summed E-state index contributed by atoms with van der Waals surface area (Å²) in [7, 11) is -3.46. The molecule has 0 radical (unpaired) electrons. The second-order valence-corrected chi connectivity index (χ2v) is 9.58. The van der Waals surface area contributed by atoms with E-state index in [0.29, 0.717) is 48.8 Å². The Balaban J connectivity index is 1.49. The number of benzene rings is 2. The van der Waals surface area contributed by atoms with Gasteiger partial charge in [0.1, 0.15) is 0 Å². The summed E-state index contributed by atoms with van der Waals surface area (Å²) in [5.74, 6) is 0.162. The van der Waals surface area contributed by atoms with Gasteiger partial charge in [0.2, 0.25) is 15.9 Å². The number of nitrogens with zero attached hydrogens (tertiary/aromatic N) is 1. The minimum Gasteiger partial charge on any atom is -0.352 e. The molecule has 28 heavy (non-hydrogen) atoms. The number of carbonyl (C=O) groups excluding carboxylic acids is 1. The highest BCUT2D eigenvalue weighted by Gasteiger charge is 2.30. The van der Waals surface area contributed by atoms with Crippen molar-refractivity contribution in [2.75, 3.05) is 13.1 Å². The number of rotatable bonds is 6. The number of sulfonamides is 1. The molecule has 1 N–H and O–H groups in total. The Morgan fingerprint density at radius 2 is 1.75 bits per heavy atom. The number of aryl methyl sites for hydroxylation is 1. The van der Waals surface area contributed by atoms with Crippen molar-refractivity contribution in [3.63, 3.8) is 0 Å². The van der Waals surface area contributed by atoms with E-state index in [1.54, 1.807) is 18.2 Å². The smallest absolute Gasteiger partial charge is 0.243 e. The molecular formula is C21H25ClN2O3S. The number of amides is 1. The Hall–Kier alpha value is -1.89. The van der Waals surface area contributed by atoms with Gasteiger partial charge in [0, 0.05) is 31.1 Å². The monoisotopic (exact) mass is 420 g/mol. The molecule has 2 aromatic carbocycles. The molecule has 0 aliphatic carbocycles. The van der Waals surface area contributed by atoms with Crippen LogP contribution in [0.15, 0.2) is 53.4 Å². The van der Waals surface area contributed by atoms with Gasteiger partial charge in [-0.2, -0.15) is 4.31 Å². The number of piperidine rings is 1. The van der Waals surface area contributed by atoms with Gasteiger partial charge in [0.15, 0.2) is 0 Å². The molecule has 1 heterocycles. The molecule has 3 rings (SSSR count). The summed E-state index contributed by atoms with van der Waals surface area (Å²) in [6, 6.07) is 14.3. The highest BCUT2D eigenvalue weighted by atomic mass is 35.5. The average Bonchev–Trinajstić information content (AvgIpc) is 2.68. The van der Waals surface area contributed by atoms with Gasteiger partial charge in [-0.1, -0.05) is 47.5 Å². The van der Waals surface area contributed by atoms with Crippen molar-refractivity contribution in [1.82, 2.24) is 9.62 Å². The Labute approximate surface area is 171 Å². The summed E-state index contributed by atoms with van der Waals surface area (Å²) in [5, 5.41) is 3.54. The maximum atomic E-state index is 12.8. The van der Waals surface area contributed by atoms with Crippen molar-refractivity contribution < 1.29 is 13.2 Å². The van der Waals surface area contributed by atoms with Crippen LogP contribution in [0.25, 0.3) is 0 Å². The van der Waals surface area contributed by atoms with E-state index in [0.717, 1.165) is 11.1 Å². The molecule has 0 spiro atoms. The van der Waals surface area contributed by atoms with Gasteiger partial charge in [-0.05, 0) is 49.4 Å². The first-order valence-electron chi connectivity index (χ1n) is 9.43. The van der Waals surface area contributed by atoms with E-state index in [-0.39, 0.29) is 11.8 Å². The first-order valence-corrected chi connectivity index (χ1v) is 11.2. The fraction of sp³-hybridized carbons (Fsp3) is 0.381. The van der Waals surface area contributed by atoms with Crippen molar-refractivity contribution in [2.24, 2.45) is 5.92 Å². The fourth-order valence-corrected chi connectivity index (χ4v) is 5.06. The largest absolute Gasteiger partial charge is 0.352 e. The van der Waals surface area contributed by atoms with Crippen LogP contribution in [0.1, 0.15) is 30.4 Å². The van der Waals surface area contributed by atoms with Crippen LogP contribution >= 0.6 is 11.6 Å². The van der Waals surface area contributed by atoms with Gasteiger partial charge < -0.3 is 5.32 Å². The molecule has 2 aromatic rings. The van der Waals surface area contributed by atoms with Gasteiger partial charge in [-0.25, -0.2) is 8.42 Å². The molecule has 0 bridgehead atoms. The van der Waals surface area contributed by atoms with E-state index in [4.69, 9.17) is 11.6 Å². The summed E-state index contributed by atoms with van der Waals surface area (Å²) in [6.45, 7) is 3.22. The molecule has 0 atom stereocenters. The minimum atomic E-state index is -3.46. The standard InChI is InChI=1S/C21H25ClN2O3S/c1-16-6-8-19(9-7-16)28(26,27)24-12-10-17(11-13-24)14-21(25)23-15-18-4-2-3-5-20(18)22/h2-9,17H,10-15H2,1H3,(H,23,25). The average molecular weight is 421 g/mol. The second kappa shape index (κ2) is 9.07. The lowest BCUT2D eigenvalue weighted by atomic mass is 9.94. The molecule has 0 saturated carbocycles. The van der Waals surface area contributed by atoms with Gasteiger partial charge in [-0.3, -0.25) is 4.79 Å². The van der Waals surface area contributed by atoms with E-state index in [2.05, 4.69) is 5.32 Å². The predicted octanol–water partition coefficient (Wildman–Crippen LogP) is 3.76. The molecular weight excluding hydrogens is 396 g/mol. The Morgan fingerprint density at radius 3 is 2.39 bits per heavy atom. The zero-order chi connectivity index (χ0) is 20.1. The van der Waals surface area contributed by atoms with Crippen molar-refractivity contribution in [1.29, 1.82) is 0 Å². The summed E-state index contributed by atoms with van der Waals surface area (Å²) < 4.78 is 27.0. The molecule has 1 amide bonds. The normalized spacial score (nSPS) is 16.1. The summed E-state index contributed by atoms with van der Waals surface area (Å²) in [5.41, 5.74) is 1.91. The number of hydrogen-bond acceptors (Lipinski definition) is 3. The number of nitrogens with one attached hydrogen (secondary N) is 1. The zero-order valence-electron chi connectivity index (χ0n) is 15.9. The number of hydrogen-bond donors (Lipinski definition) is 1. The van der Waals surface area contributed by atoms with Crippen molar-refractivity contribution in [2.45, 2.75) is 37.6 Å². The highest BCUT2D eigenvalue weighted by Crippen LogP contribution is 2.26. The third kappa shape index (κ3) is 5.13. The van der Waals surface area contributed by atoms with Crippen molar-refractivity contribution in [3.8, 4) is 0 Å². The lowest BCUT2D eigenvalue weighted by Crippen LogP contribution is -2.39. The third-order valence-corrected chi connectivity index (χ3v) is 7.42. The first-order chi connectivity index (χ1) is 13.4. The predicted molar refractivity (Wildman–Crippen MR) is 111 cm³/mol. The molecule has 1 aliphatic rings. The molecule has 150 valence electrons. The minimum absolute atomic E-state index is 0.0280. The fourth-order valence-electron chi connectivity index (χ4n) is 3.38. The van der Waals surface area contributed by atoms with Crippen LogP contribution in [0, 0.1) is 12.8 Å². The lowest BCUT2D eigenvalue weighted by molar-refractivity contribution is -0.122. The van der Waals surface area contributed by atoms with E-state index in [1.807, 2.05) is 37.3 Å². The second-order valence-electron chi connectivity index (χ2n) is 7.23. The van der Waals surface area contributed by atoms with E-state index in [9.17, 15) is 13.2 Å². The van der Waals surface area contributed by atoms with Crippen molar-refractivity contribution in [3.05, 3.63) is 64.7 Å². The van der Waals surface area contributed by atoms with Crippen LogP contribution in [-0.4, -0.2) is 31.7 Å². The van der Waals surface area contributed by atoms with Gasteiger partial charge in [0.25, 0.3) is 0 Å². The number of carbonyl (C=O) groups is 1. The third-order valence-electron chi connectivity index (χ3n) is 5.14. The molecule has 1 fully saturated rings. The van der Waals surface area contributed by atoms with Crippen LogP contribution in [0.2, 0.25) is 5.02 Å². The van der Waals surface area contributed by atoms with Gasteiger partial charge in [0.05, 0.1) is 4.90 Å². The van der Waals surface area contributed by atoms with Crippen LogP contribution in [0.5, 0.6) is 0 Å². The summed E-state index contributed by atoms with van der Waals surface area (Å²) in [4.78, 5) is 12.6. The maximum absolute atomic E-state index is 12.8. The van der Waals surface area contributed by atoms with Crippen molar-refractivity contribution >= 4 is 27.5 Å². The molecule has 7 heteroatoms. The van der Waals surface area contributed by atoms with E-state index >= 15 is 0 Å². The van der Waals surface area contributed by atoms with E-state index in [1.165, 1.54) is 4.31 Å². The first kappa shape index (κ1) is 20.8.